The van der Waals surface area contributed by atoms with E-state index in [0.717, 1.165) is 4.47 Å². The number of hydrazine groups is 1. The maximum atomic E-state index is 12.3. The summed E-state index contributed by atoms with van der Waals surface area (Å²) in [6, 6.07) is 1.64. The summed E-state index contributed by atoms with van der Waals surface area (Å²) in [4.78, 5) is 34.6. The maximum Gasteiger partial charge on any atom is 0.290 e. The van der Waals surface area contributed by atoms with Gasteiger partial charge in [-0.15, -0.1) is 0 Å². The van der Waals surface area contributed by atoms with Gasteiger partial charge in [-0.2, -0.15) is 0 Å². The number of hydrogen-bond donors (Lipinski definition) is 2. The van der Waals surface area contributed by atoms with Crippen molar-refractivity contribution in [3.63, 3.8) is 0 Å². The zero-order valence-electron chi connectivity index (χ0n) is 14.0. The van der Waals surface area contributed by atoms with Crippen molar-refractivity contribution in [2.75, 3.05) is 18.0 Å². The second-order valence-corrected chi connectivity index (χ2v) is 6.42. The van der Waals surface area contributed by atoms with Gasteiger partial charge in [0.2, 0.25) is 5.95 Å². The normalized spacial score (nSPS) is 10.4. The lowest BCUT2D eigenvalue weighted by molar-refractivity contribution is 0.0839. The number of carbonyl (C=O) groups excluding carboxylic acids is 2. The Kier molecular flexibility index (Phi) is 6.38. The first-order valence-corrected chi connectivity index (χ1v) is 8.74. The first-order valence-electron chi connectivity index (χ1n) is 7.57. The van der Waals surface area contributed by atoms with Crippen molar-refractivity contribution in [3.05, 3.63) is 39.3 Å². The molecule has 0 saturated carbocycles. The van der Waals surface area contributed by atoms with E-state index in [0.29, 0.717) is 24.7 Å². The predicted molar refractivity (Wildman–Crippen MR) is 98.6 cm³/mol. The Bertz CT molecular complexity index is 790. The SMILES string of the molecule is CCN(CC)c1ncc(Cl)c(C(=O)NNC(=O)c2cc(Br)cn2C)n1. The topological polar surface area (TPSA) is 92.2 Å². The Balaban J connectivity index is 2.11. The van der Waals surface area contributed by atoms with E-state index in [9.17, 15) is 9.59 Å². The second kappa shape index (κ2) is 8.30. The van der Waals surface area contributed by atoms with Crippen molar-refractivity contribution in [1.82, 2.24) is 25.4 Å². The van der Waals surface area contributed by atoms with Crippen LogP contribution in [0.25, 0.3) is 0 Å². The molecule has 0 unspecified atom stereocenters. The van der Waals surface area contributed by atoms with Crippen LogP contribution in [0.5, 0.6) is 0 Å². The number of aryl methyl sites for hydroxylation is 1. The summed E-state index contributed by atoms with van der Waals surface area (Å²) in [5.41, 5.74) is 5.03. The van der Waals surface area contributed by atoms with Crippen LogP contribution in [0.3, 0.4) is 0 Å². The van der Waals surface area contributed by atoms with Crippen LogP contribution in [-0.4, -0.2) is 39.4 Å². The minimum absolute atomic E-state index is 0.00747. The standard InChI is InChI=1S/C15H18BrClN6O2/c1-4-23(5-2)15-18-7-10(17)12(19-15)14(25)21-20-13(24)11-6-9(16)8-22(11)3/h6-8H,4-5H2,1-3H3,(H,20,24)(H,21,25). The van der Waals surface area contributed by atoms with E-state index in [-0.39, 0.29) is 10.7 Å². The van der Waals surface area contributed by atoms with E-state index in [2.05, 4.69) is 36.7 Å². The van der Waals surface area contributed by atoms with Gasteiger partial charge in [0, 0.05) is 30.8 Å². The number of anilines is 1. The molecule has 8 nitrogen and oxygen atoms in total. The largest absolute Gasteiger partial charge is 0.345 e. The molecule has 0 aliphatic rings. The third kappa shape index (κ3) is 4.49. The summed E-state index contributed by atoms with van der Waals surface area (Å²) in [6.07, 6.45) is 3.10. The fraction of sp³-hybridized carbons (Fsp3) is 0.333. The molecule has 0 spiro atoms. The summed E-state index contributed by atoms with van der Waals surface area (Å²) in [6.45, 7) is 5.30. The zero-order chi connectivity index (χ0) is 18.6. The molecule has 2 rings (SSSR count). The number of carbonyl (C=O) groups is 2. The highest BCUT2D eigenvalue weighted by molar-refractivity contribution is 9.10. The van der Waals surface area contributed by atoms with E-state index >= 15 is 0 Å². The van der Waals surface area contributed by atoms with Gasteiger partial charge in [-0.1, -0.05) is 11.6 Å². The lowest BCUT2D eigenvalue weighted by Crippen LogP contribution is -2.42. The highest BCUT2D eigenvalue weighted by Crippen LogP contribution is 2.16. The molecule has 2 aromatic rings. The average Bonchev–Trinajstić information content (AvgIpc) is 2.93. The summed E-state index contributed by atoms with van der Waals surface area (Å²) in [7, 11) is 1.72. The van der Waals surface area contributed by atoms with Gasteiger partial charge in [0.15, 0.2) is 5.69 Å². The molecule has 0 atom stereocenters. The van der Waals surface area contributed by atoms with Gasteiger partial charge in [0.05, 0.1) is 11.2 Å². The van der Waals surface area contributed by atoms with Crippen LogP contribution < -0.4 is 15.8 Å². The smallest absolute Gasteiger partial charge is 0.290 e. The Morgan fingerprint density at radius 3 is 2.48 bits per heavy atom. The van der Waals surface area contributed by atoms with Crippen LogP contribution in [-0.2, 0) is 7.05 Å². The molecule has 0 radical (unpaired) electrons. The van der Waals surface area contributed by atoms with Crippen LogP contribution in [0.4, 0.5) is 5.95 Å². The van der Waals surface area contributed by atoms with Gasteiger partial charge in [-0.05, 0) is 35.8 Å². The summed E-state index contributed by atoms with van der Waals surface area (Å²) in [5.74, 6) is -0.685. The molecule has 0 saturated heterocycles. The summed E-state index contributed by atoms with van der Waals surface area (Å²) in [5, 5.41) is 0.101. The lowest BCUT2D eigenvalue weighted by atomic mass is 10.4. The molecule has 0 aliphatic carbocycles. The van der Waals surface area contributed by atoms with Gasteiger partial charge in [-0.3, -0.25) is 20.4 Å². The molecule has 2 heterocycles. The number of nitrogens with zero attached hydrogens (tertiary/aromatic N) is 4. The van der Waals surface area contributed by atoms with Crippen LogP contribution in [0.15, 0.2) is 22.9 Å². The van der Waals surface area contributed by atoms with E-state index in [1.807, 2.05) is 18.7 Å². The minimum atomic E-state index is -0.623. The van der Waals surface area contributed by atoms with Gasteiger partial charge in [0.1, 0.15) is 5.69 Å². The third-order valence-electron chi connectivity index (χ3n) is 3.49. The number of rotatable bonds is 5. The number of amides is 2. The molecule has 0 aliphatic heterocycles. The highest BCUT2D eigenvalue weighted by Gasteiger charge is 2.18. The molecule has 2 amide bonds. The average molecular weight is 430 g/mol. The fourth-order valence-electron chi connectivity index (χ4n) is 2.16. The van der Waals surface area contributed by atoms with Gasteiger partial charge < -0.3 is 9.47 Å². The molecular weight excluding hydrogens is 412 g/mol. The third-order valence-corrected chi connectivity index (χ3v) is 4.20. The molecular formula is C15H18BrClN6O2. The summed E-state index contributed by atoms with van der Waals surface area (Å²) >= 11 is 9.30. The molecule has 134 valence electrons. The molecule has 0 fully saturated rings. The molecule has 10 heteroatoms. The Morgan fingerprint density at radius 2 is 1.92 bits per heavy atom. The zero-order valence-corrected chi connectivity index (χ0v) is 16.3. The number of hydrogen-bond acceptors (Lipinski definition) is 5. The van der Waals surface area contributed by atoms with E-state index < -0.39 is 11.8 Å². The van der Waals surface area contributed by atoms with E-state index in [1.165, 1.54) is 6.20 Å². The van der Waals surface area contributed by atoms with Crippen molar-refractivity contribution in [3.8, 4) is 0 Å². The van der Waals surface area contributed by atoms with Crippen molar-refractivity contribution in [1.29, 1.82) is 0 Å². The lowest BCUT2D eigenvalue weighted by Gasteiger charge is -2.19. The molecule has 2 aromatic heterocycles. The van der Waals surface area contributed by atoms with Crippen LogP contribution >= 0.6 is 27.5 Å². The number of aromatic nitrogens is 3. The van der Waals surface area contributed by atoms with Crippen LogP contribution in [0, 0.1) is 0 Å². The summed E-state index contributed by atoms with van der Waals surface area (Å²) < 4.78 is 2.39. The van der Waals surface area contributed by atoms with Crippen molar-refractivity contribution < 1.29 is 9.59 Å². The quantitative estimate of drug-likeness (QED) is 0.711. The van der Waals surface area contributed by atoms with Gasteiger partial charge in [-0.25, -0.2) is 9.97 Å². The van der Waals surface area contributed by atoms with Gasteiger partial charge >= 0.3 is 0 Å². The van der Waals surface area contributed by atoms with Crippen molar-refractivity contribution in [2.24, 2.45) is 7.05 Å². The minimum Gasteiger partial charge on any atom is -0.345 e. The number of nitrogens with one attached hydrogen (secondary N) is 2. The van der Waals surface area contributed by atoms with E-state index in [4.69, 9.17) is 11.6 Å². The fourth-order valence-corrected chi connectivity index (χ4v) is 2.86. The molecule has 2 N–H and O–H groups in total. The first kappa shape index (κ1) is 19.2. The Labute approximate surface area is 158 Å². The predicted octanol–water partition coefficient (Wildman–Crippen LogP) is 2.15. The van der Waals surface area contributed by atoms with Gasteiger partial charge in [0.25, 0.3) is 11.8 Å². The van der Waals surface area contributed by atoms with E-state index in [1.54, 1.807) is 23.9 Å². The molecule has 0 aromatic carbocycles. The second-order valence-electron chi connectivity index (χ2n) is 5.10. The van der Waals surface area contributed by atoms with Crippen molar-refractivity contribution >= 4 is 45.3 Å². The Hall–Kier alpha value is -2.13. The molecule has 0 bridgehead atoms. The van der Waals surface area contributed by atoms with Crippen LogP contribution in [0.2, 0.25) is 5.02 Å². The number of halogens is 2. The Morgan fingerprint density at radius 1 is 1.28 bits per heavy atom. The first-order chi connectivity index (χ1) is 11.9. The monoisotopic (exact) mass is 428 g/mol. The highest BCUT2D eigenvalue weighted by atomic mass is 79.9. The van der Waals surface area contributed by atoms with Crippen molar-refractivity contribution in [2.45, 2.75) is 13.8 Å². The molecule has 25 heavy (non-hydrogen) atoms. The maximum absolute atomic E-state index is 12.3. The van der Waals surface area contributed by atoms with Crippen LogP contribution in [0.1, 0.15) is 34.8 Å².